The van der Waals surface area contributed by atoms with Gasteiger partial charge in [-0.1, -0.05) is 11.6 Å². The summed E-state index contributed by atoms with van der Waals surface area (Å²) in [5, 5.41) is 3.14. The van der Waals surface area contributed by atoms with Crippen molar-refractivity contribution in [3.63, 3.8) is 0 Å². The molecule has 0 saturated carbocycles. The van der Waals surface area contributed by atoms with Gasteiger partial charge in [0.2, 0.25) is 0 Å². The first-order valence-corrected chi connectivity index (χ1v) is 6.07. The molecule has 0 amide bonds. The number of ether oxygens (including phenoxy) is 2. The van der Waals surface area contributed by atoms with Gasteiger partial charge in [0.05, 0.1) is 6.61 Å². The van der Waals surface area contributed by atoms with Crippen LogP contribution in [0.4, 0.5) is 4.39 Å². The van der Waals surface area contributed by atoms with Gasteiger partial charge in [-0.25, -0.2) is 4.39 Å². The molecule has 0 aliphatic rings. The molecule has 1 aromatic rings. The van der Waals surface area contributed by atoms with E-state index in [1.165, 1.54) is 17.7 Å². The lowest BCUT2D eigenvalue weighted by atomic mass is 10.2. The zero-order chi connectivity index (χ0) is 13.2. The summed E-state index contributed by atoms with van der Waals surface area (Å²) in [4.78, 5) is 0. The first kappa shape index (κ1) is 15.0. The lowest BCUT2D eigenvalue weighted by Crippen LogP contribution is -2.19. The molecule has 0 saturated heterocycles. The van der Waals surface area contributed by atoms with Crippen LogP contribution in [0, 0.1) is 5.82 Å². The molecule has 5 heteroatoms. The average molecular weight is 274 g/mol. The van der Waals surface area contributed by atoms with E-state index in [1.807, 2.05) is 0 Å². The van der Waals surface area contributed by atoms with Crippen molar-refractivity contribution in [2.24, 2.45) is 0 Å². The van der Waals surface area contributed by atoms with E-state index in [0.29, 0.717) is 32.1 Å². The molecule has 0 fully saturated rings. The third-order valence-electron chi connectivity index (χ3n) is 2.25. The predicted octanol–water partition coefficient (Wildman–Crippen LogP) is 2.69. The van der Waals surface area contributed by atoms with E-state index in [9.17, 15) is 4.39 Å². The minimum absolute atomic E-state index is 0.279. The van der Waals surface area contributed by atoms with Crippen LogP contribution in [0.1, 0.15) is 5.56 Å². The summed E-state index contributed by atoms with van der Waals surface area (Å²) >= 11 is 5.40. The molecular weight excluding hydrogens is 257 g/mol. The Kier molecular flexibility index (Phi) is 7.41. The van der Waals surface area contributed by atoms with Gasteiger partial charge in [-0.3, -0.25) is 0 Å². The molecule has 0 aromatic heterocycles. The van der Waals surface area contributed by atoms with Gasteiger partial charge in [-0.05, 0) is 24.3 Å². The molecule has 1 aromatic carbocycles. The second-order valence-electron chi connectivity index (χ2n) is 3.59. The van der Waals surface area contributed by atoms with Gasteiger partial charge < -0.3 is 14.8 Å². The van der Waals surface area contributed by atoms with E-state index in [2.05, 4.69) is 5.32 Å². The van der Waals surface area contributed by atoms with E-state index in [4.69, 9.17) is 21.1 Å². The van der Waals surface area contributed by atoms with Crippen LogP contribution in [-0.4, -0.2) is 26.9 Å². The van der Waals surface area contributed by atoms with E-state index >= 15 is 0 Å². The number of methoxy groups -OCH3 is 1. The molecule has 100 valence electrons. The number of hydrogen-bond donors (Lipinski definition) is 1. The van der Waals surface area contributed by atoms with E-state index in [0.717, 1.165) is 5.56 Å². The quantitative estimate of drug-likeness (QED) is 0.739. The molecule has 0 bridgehead atoms. The Bertz CT molecular complexity index is 385. The summed E-state index contributed by atoms with van der Waals surface area (Å²) in [6, 6.07) is 4.45. The molecule has 3 nitrogen and oxygen atoms in total. The van der Waals surface area contributed by atoms with Gasteiger partial charge in [0.1, 0.15) is 18.2 Å². The van der Waals surface area contributed by atoms with Crippen LogP contribution in [-0.2, 0) is 11.3 Å². The number of hydrogen-bond acceptors (Lipinski definition) is 3. The highest BCUT2D eigenvalue weighted by atomic mass is 35.5. The van der Waals surface area contributed by atoms with Gasteiger partial charge in [0.15, 0.2) is 0 Å². The van der Waals surface area contributed by atoms with Crippen LogP contribution in [0.3, 0.4) is 0 Å². The van der Waals surface area contributed by atoms with Crippen LogP contribution in [0.5, 0.6) is 5.75 Å². The molecule has 0 heterocycles. The summed E-state index contributed by atoms with van der Waals surface area (Å²) in [6.45, 7) is 2.20. The predicted molar refractivity (Wildman–Crippen MR) is 70.5 cm³/mol. The summed E-state index contributed by atoms with van der Waals surface area (Å²) in [5.41, 5.74) is 2.16. The highest BCUT2D eigenvalue weighted by Gasteiger charge is 2.04. The molecule has 0 atom stereocenters. The standard InChI is InChI=1S/C13H17ClFNO2/c1-17-8-6-16-10-11-9-12(15)3-4-13(11)18-7-2-5-14/h2-5,9,16H,6-8,10H2,1H3/b5-2+. The van der Waals surface area contributed by atoms with Crippen molar-refractivity contribution in [2.45, 2.75) is 6.54 Å². The summed E-state index contributed by atoms with van der Waals surface area (Å²) in [5.74, 6) is 0.370. The van der Waals surface area contributed by atoms with E-state index in [1.54, 1.807) is 19.3 Å². The van der Waals surface area contributed by atoms with Crippen LogP contribution < -0.4 is 10.1 Å². The van der Waals surface area contributed by atoms with Gasteiger partial charge >= 0.3 is 0 Å². The maximum absolute atomic E-state index is 13.2. The molecule has 1 rings (SSSR count). The van der Waals surface area contributed by atoms with Crippen molar-refractivity contribution < 1.29 is 13.9 Å². The molecule has 1 N–H and O–H groups in total. The smallest absolute Gasteiger partial charge is 0.124 e. The lowest BCUT2D eigenvalue weighted by Gasteiger charge is -2.11. The summed E-state index contributed by atoms with van der Waals surface area (Å²) in [7, 11) is 1.64. The zero-order valence-corrected chi connectivity index (χ0v) is 11.0. The Hall–Kier alpha value is -1.10. The minimum Gasteiger partial charge on any atom is -0.489 e. The van der Waals surface area contributed by atoms with Crippen molar-refractivity contribution in [3.8, 4) is 5.75 Å². The fourth-order valence-corrected chi connectivity index (χ4v) is 1.47. The van der Waals surface area contributed by atoms with Crippen LogP contribution >= 0.6 is 11.6 Å². The average Bonchev–Trinajstić information content (AvgIpc) is 2.37. The third-order valence-corrected chi connectivity index (χ3v) is 2.42. The Morgan fingerprint density at radius 2 is 2.28 bits per heavy atom. The molecule has 0 spiro atoms. The fraction of sp³-hybridized carbons (Fsp3) is 0.385. The van der Waals surface area contributed by atoms with Crippen molar-refractivity contribution in [1.82, 2.24) is 5.32 Å². The normalized spacial score (nSPS) is 11.1. The minimum atomic E-state index is -0.279. The van der Waals surface area contributed by atoms with Gasteiger partial charge in [-0.2, -0.15) is 0 Å². The lowest BCUT2D eigenvalue weighted by molar-refractivity contribution is 0.199. The topological polar surface area (TPSA) is 30.5 Å². The Balaban J connectivity index is 2.58. The Morgan fingerprint density at radius 3 is 3.00 bits per heavy atom. The second-order valence-corrected chi connectivity index (χ2v) is 3.85. The van der Waals surface area contributed by atoms with Crippen LogP contribution in [0.25, 0.3) is 0 Å². The number of nitrogens with one attached hydrogen (secondary N) is 1. The third kappa shape index (κ3) is 5.49. The largest absolute Gasteiger partial charge is 0.489 e. The molecule has 0 aliphatic heterocycles. The fourth-order valence-electron chi connectivity index (χ4n) is 1.40. The van der Waals surface area contributed by atoms with Gasteiger partial charge in [0, 0.05) is 31.3 Å². The second kappa shape index (κ2) is 8.91. The molecule has 0 radical (unpaired) electrons. The van der Waals surface area contributed by atoms with Crippen molar-refractivity contribution in [3.05, 3.63) is 41.2 Å². The number of halogens is 2. The SMILES string of the molecule is COCCNCc1cc(F)ccc1OC/C=C/Cl. The maximum Gasteiger partial charge on any atom is 0.124 e. The van der Waals surface area contributed by atoms with E-state index in [-0.39, 0.29) is 5.82 Å². The Labute approximate surface area is 112 Å². The van der Waals surface area contributed by atoms with Crippen LogP contribution in [0.15, 0.2) is 29.8 Å². The summed E-state index contributed by atoms with van der Waals surface area (Å²) in [6.07, 6.45) is 1.67. The number of rotatable bonds is 8. The van der Waals surface area contributed by atoms with Crippen LogP contribution in [0.2, 0.25) is 0 Å². The zero-order valence-electron chi connectivity index (χ0n) is 10.3. The van der Waals surface area contributed by atoms with Crippen molar-refractivity contribution >= 4 is 11.6 Å². The highest BCUT2D eigenvalue weighted by molar-refractivity contribution is 6.25. The first-order valence-electron chi connectivity index (χ1n) is 5.64. The highest BCUT2D eigenvalue weighted by Crippen LogP contribution is 2.19. The molecule has 18 heavy (non-hydrogen) atoms. The Morgan fingerprint density at radius 1 is 1.44 bits per heavy atom. The molecule has 0 aliphatic carbocycles. The van der Waals surface area contributed by atoms with Gasteiger partial charge in [-0.15, -0.1) is 0 Å². The first-order chi connectivity index (χ1) is 8.77. The van der Waals surface area contributed by atoms with Crippen molar-refractivity contribution in [1.29, 1.82) is 0 Å². The number of benzene rings is 1. The summed E-state index contributed by atoms with van der Waals surface area (Å²) < 4.78 is 23.6. The van der Waals surface area contributed by atoms with Crippen molar-refractivity contribution in [2.75, 3.05) is 26.9 Å². The molecular formula is C13H17ClFNO2. The molecule has 0 unspecified atom stereocenters. The van der Waals surface area contributed by atoms with E-state index < -0.39 is 0 Å². The monoisotopic (exact) mass is 273 g/mol. The maximum atomic E-state index is 13.2. The van der Waals surface area contributed by atoms with Gasteiger partial charge in [0.25, 0.3) is 0 Å².